The molecule has 24 heavy (non-hydrogen) atoms. The van der Waals surface area contributed by atoms with Gasteiger partial charge >= 0.3 is 0 Å². The van der Waals surface area contributed by atoms with Crippen LogP contribution in [-0.4, -0.2) is 16.8 Å². The monoisotopic (exact) mass is 337 g/mol. The van der Waals surface area contributed by atoms with Crippen molar-refractivity contribution in [2.75, 3.05) is 10.6 Å². The average molecular weight is 337 g/mol. The maximum Gasteiger partial charge on any atom is 0.275 e. The van der Waals surface area contributed by atoms with Gasteiger partial charge in [0.1, 0.15) is 5.69 Å². The van der Waals surface area contributed by atoms with E-state index < -0.39 is 0 Å². The lowest BCUT2D eigenvalue weighted by atomic mass is 10.2. The summed E-state index contributed by atoms with van der Waals surface area (Å²) in [6.45, 7) is 1.95. The largest absolute Gasteiger partial charge is 0.321 e. The molecule has 5 nitrogen and oxygen atoms in total. The molecule has 0 aliphatic carbocycles. The minimum Gasteiger partial charge on any atom is -0.321 e. The Morgan fingerprint density at radius 2 is 1.75 bits per heavy atom. The molecule has 0 radical (unpaired) electrons. The summed E-state index contributed by atoms with van der Waals surface area (Å²) in [6.07, 6.45) is 0. The van der Waals surface area contributed by atoms with Crippen molar-refractivity contribution >= 4 is 34.0 Å². The highest BCUT2D eigenvalue weighted by molar-refractivity contribution is 7.14. The first-order chi connectivity index (χ1) is 11.6. The third-order valence-corrected chi connectivity index (χ3v) is 4.03. The van der Waals surface area contributed by atoms with E-state index in [0.717, 1.165) is 5.56 Å². The van der Waals surface area contributed by atoms with E-state index >= 15 is 0 Å². The van der Waals surface area contributed by atoms with Gasteiger partial charge in [-0.3, -0.25) is 14.9 Å². The number of amides is 2. The van der Waals surface area contributed by atoms with Crippen molar-refractivity contribution in [2.45, 2.75) is 6.92 Å². The molecule has 0 unspecified atom stereocenters. The molecule has 2 N–H and O–H groups in total. The lowest BCUT2D eigenvalue weighted by molar-refractivity contribution is 0.101. The fourth-order valence-corrected chi connectivity index (χ4v) is 2.80. The third kappa shape index (κ3) is 3.85. The molecule has 120 valence electrons. The second-order valence-electron chi connectivity index (χ2n) is 5.18. The molecule has 0 atom stereocenters. The van der Waals surface area contributed by atoms with Crippen molar-refractivity contribution in [1.29, 1.82) is 0 Å². The number of rotatable bonds is 4. The van der Waals surface area contributed by atoms with Gasteiger partial charge in [0.05, 0.1) is 0 Å². The molecule has 0 fully saturated rings. The van der Waals surface area contributed by atoms with Crippen LogP contribution in [-0.2, 0) is 0 Å². The van der Waals surface area contributed by atoms with Crippen molar-refractivity contribution in [2.24, 2.45) is 0 Å². The molecule has 0 saturated heterocycles. The highest BCUT2D eigenvalue weighted by Gasteiger charge is 2.13. The summed E-state index contributed by atoms with van der Waals surface area (Å²) in [7, 11) is 0. The van der Waals surface area contributed by atoms with E-state index in [1.807, 2.05) is 37.3 Å². The number of hydrogen-bond acceptors (Lipinski definition) is 4. The maximum atomic E-state index is 12.2. The van der Waals surface area contributed by atoms with Gasteiger partial charge in [-0.1, -0.05) is 30.3 Å². The Balaban J connectivity index is 1.67. The summed E-state index contributed by atoms with van der Waals surface area (Å²) in [5.74, 6) is -0.562. The van der Waals surface area contributed by atoms with Crippen molar-refractivity contribution in [3.8, 4) is 0 Å². The van der Waals surface area contributed by atoms with Gasteiger partial charge in [0.25, 0.3) is 11.8 Å². The van der Waals surface area contributed by atoms with Gasteiger partial charge in [-0.05, 0) is 36.8 Å². The normalized spacial score (nSPS) is 10.2. The number of carbonyl (C=O) groups excluding carboxylic acids is 2. The summed E-state index contributed by atoms with van der Waals surface area (Å²) in [5.41, 5.74) is 2.58. The Labute approximate surface area is 143 Å². The van der Waals surface area contributed by atoms with Crippen LogP contribution in [0.5, 0.6) is 0 Å². The molecule has 1 heterocycles. The number of anilines is 2. The smallest absolute Gasteiger partial charge is 0.275 e. The van der Waals surface area contributed by atoms with E-state index in [1.165, 1.54) is 11.3 Å². The van der Waals surface area contributed by atoms with Gasteiger partial charge in [-0.25, -0.2) is 4.98 Å². The fourth-order valence-electron chi connectivity index (χ4n) is 2.11. The topological polar surface area (TPSA) is 71.1 Å². The molecule has 1 aromatic heterocycles. The first kappa shape index (κ1) is 15.9. The van der Waals surface area contributed by atoms with E-state index in [2.05, 4.69) is 15.6 Å². The zero-order valence-corrected chi connectivity index (χ0v) is 13.8. The third-order valence-electron chi connectivity index (χ3n) is 3.27. The number of aromatic nitrogens is 1. The first-order valence-corrected chi connectivity index (χ1v) is 8.20. The van der Waals surface area contributed by atoms with E-state index in [-0.39, 0.29) is 17.5 Å². The maximum absolute atomic E-state index is 12.2. The van der Waals surface area contributed by atoms with Gasteiger partial charge in [0, 0.05) is 16.6 Å². The highest BCUT2D eigenvalue weighted by Crippen LogP contribution is 2.18. The number of hydrogen-bond donors (Lipinski definition) is 2. The summed E-state index contributed by atoms with van der Waals surface area (Å²) < 4.78 is 0. The number of thiazole rings is 1. The molecule has 0 aliphatic rings. The SMILES string of the molecule is Cc1cccc(NC(=O)c2csc(NC(=O)c3ccccc3)n2)c1. The number of nitrogens with zero attached hydrogens (tertiary/aromatic N) is 1. The lowest BCUT2D eigenvalue weighted by Crippen LogP contribution is -2.14. The molecule has 0 aliphatic heterocycles. The Morgan fingerprint density at radius 1 is 0.958 bits per heavy atom. The van der Waals surface area contributed by atoms with Crippen molar-refractivity contribution < 1.29 is 9.59 Å². The minimum absolute atomic E-state index is 0.254. The van der Waals surface area contributed by atoms with Gasteiger partial charge in [0.15, 0.2) is 5.13 Å². The standard InChI is InChI=1S/C18H15N3O2S/c1-12-6-5-9-14(10-12)19-17(23)15-11-24-18(20-15)21-16(22)13-7-3-2-4-8-13/h2-11H,1H3,(H,19,23)(H,20,21,22). The number of benzene rings is 2. The zero-order chi connectivity index (χ0) is 16.9. The summed E-state index contributed by atoms with van der Waals surface area (Å²) in [5, 5.41) is 7.49. The van der Waals surface area contributed by atoms with Crippen LogP contribution in [0.2, 0.25) is 0 Å². The van der Waals surface area contributed by atoms with Crippen LogP contribution in [0.3, 0.4) is 0 Å². The lowest BCUT2D eigenvalue weighted by Gasteiger charge is -2.04. The second kappa shape index (κ2) is 7.06. The highest BCUT2D eigenvalue weighted by atomic mass is 32.1. The minimum atomic E-state index is -0.308. The van der Waals surface area contributed by atoms with E-state index in [0.29, 0.717) is 16.4 Å². The molecule has 3 rings (SSSR count). The van der Waals surface area contributed by atoms with E-state index in [9.17, 15) is 9.59 Å². The first-order valence-electron chi connectivity index (χ1n) is 7.32. The molecule has 0 saturated carbocycles. The Morgan fingerprint density at radius 3 is 2.50 bits per heavy atom. The quantitative estimate of drug-likeness (QED) is 0.757. The van der Waals surface area contributed by atoms with Crippen LogP contribution < -0.4 is 10.6 Å². The van der Waals surface area contributed by atoms with E-state index in [1.54, 1.807) is 29.6 Å². The average Bonchev–Trinajstić information content (AvgIpc) is 3.04. The summed E-state index contributed by atoms with van der Waals surface area (Å²) in [6, 6.07) is 16.4. The Kier molecular flexibility index (Phi) is 4.67. The molecule has 2 amide bonds. The molecule has 3 aromatic rings. The van der Waals surface area contributed by atoms with Crippen molar-refractivity contribution in [1.82, 2.24) is 4.98 Å². The Hall–Kier alpha value is -2.99. The molecular formula is C18H15N3O2S. The zero-order valence-electron chi connectivity index (χ0n) is 12.9. The van der Waals surface area contributed by atoms with Gasteiger partial charge in [0.2, 0.25) is 0 Å². The molecular weight excluding hydrogens is 322 g/mol. The van der Waals surface area contributed by atoms with Crippen LogP contribution >= 0.6 is 11.3 Å². The summed E-state index contributed by atoms with van der Waals surface area (Å²) in [4.78, 5) is 28.5. The molecule has 2 aromatic carbocycles. The number of aryl methyl sites for hydroxylation is 1. The van der Waals surface area contributed by atoms with Crippen LogP contribution in [0.15, 0.2) is 60.0 Å². The predicted octanol–water partition coefficient (Wildman–Crippen LogP) is 3.96. The van der Waals surface area contributed by atoms with Crippen molar-refractivity contribution in [3.63, 3.8) is 0 Å². The second-order valence-corrected chi connectivity index (χ2v) is 6.04. The van der Waals surface area contributed by atoms with Gasteiger partial charge in [-0.2, -0.15) is 0 Å². The Bertz CT molecular complexity index is 875. The van der Waals surface area contributed by atoms with Gasteiger partial charge < -0.3 is 5.32 Å². The molecule has 0 spiro atoms. The van der Waals surface area contributed by atoms with Crippen molar-refractivity contribution in [3.05, 3.63) is 76.8 Å². The summed E-state index contributed by atoms with van der Waals surface area (Å²) >= 11 is 1.21. The predicted molar refractivity (Wildman–Crippen MR) is 95.6 cm³/mol. The molecule has 6 heteroatoms. The van der Waals surface area contributed by atoms with Crippen LogP contribution in [0, 0.1) is 6.92 Å². The number of nitrogens with one attached hydrogen (secondary N) is 2. The fraction of sp³-hybridized carbons (Fsp3) is 0.0556. The molecule has 0 bridgehead atoms. The van der Waals surface area contributed by atoms with Crippen LogP contribution in [0.25, 0.3) is 0 Å². The van der Waals surface area contributed by atoms with Crippen LogP contribution in [0.1, 0.15) is 26.4 Å². The number of carbonyl (C=O) groups is 2. The van der Waals surface area contributed by atoms with E-state index in [4.69, 9.17) is 0 Å². The van der Waals surface area contributed by atoms with Crippen LogP contribution in [0.4, 0.5) is 10.8 Å². The van der Waals surface area contributed by atoms with Gasteiger partial charge in [-0.15, -0.1) is 11.3 Å².